The van der Waals surface area contributed by atoms with Crippen LogP contribution in [0, 0.1) is 17.7 Å². The van der Waals surface area contributed by atoms with Crippen LogP contribution in [0.15, 0.2) is 24.3 Å². The molecule has 6 heteroatoms. The maximum atomic E-state index is 13.8. The first-order chi connectivity index (χ1) is 12.6. The zero-order valence-electron chi connectivity index (χ0n) is 15.3. The van der Waals surface area contributed by atoms with Gasteiger partial charge in [-0.3, -0.25) is 9.59 Å². The number of likely N-dealkylation sites (tertiary alicyclic amines) is 1. The molecular formula is C20H27FN2O3. The van der Waals surface area contributed by atoms with E-state index >= 15 is 0 Å². The topological polar surface area (TPSA) is 49.9 Å². The van der Waals surface area contributed by atoms with Crippen molar-refractivity contribution in [2.75, 3.05) is 39.4 Å². The highest BCUT2D eigenvalue weighted by Crippen LogP contribution is 2.23. The Hall–Kier alpha value is -1.95. The number of carbonyl (C=O) groups excluding carboxylic acids is 2. The van der Waals surface area contributed by atoms with Crippen LogP contribution in [0.25, 0.3) is 0 Å². The second kappa shape index (κ2) is 8.62. The summed E-state index contributed by atoms with van der Waals surface area (Å²) in [5.74, 6) is -0.287. The van der Waals surface area contributed by atoms with Crippen LogP contribution in [0.3, 0.4) is 0 Å². The normalized spacial score (nSPS) is 20.1. The van der Waals surface area contributed by atoms with Gasteiger partial charge in [-0.25, -0.2) is 4.39 Å². The van der Waals surface area contributed by atoms with E-state index in [1.165, 1.54) is 6.07 Å². The molecule has 2 fully saturated rings. The molecule has 3 rings (SSSR count). The standard InChI is InChI=1S/C20H27FN2O3/c1-15(14-17-4-2-3-5-18(17)21)19(24)22-8-6-16(7-9-22)20(25)23-10-12-26-13-11-23/h2-5,15-16H,6-14H2,1H3. The van der Waals surface area contributed by atoms with Crippen molar-refractivity contribution in [3.05, 3.63) is 35.6 Å². The van der Waals surface area contributed by atoms with Crippen molar-refractivity contribution in [3.8, 4) is 0 Å². The Labute approximate surface area is 154 Å². The van der Waals surface area contributed by atoms with Crippen LogP contribution in [0.4, 0.5) is 4.39 Å². The fourth-order valence-corrected chi connectivity index (χ4v) is 3.78. The van der Waals surface area contributed by atoms with E-state index < -0.39 is 0 Å². The van der Waals surface area contributed by atoms with Crippen LogP contribution in [-0.2, 0) is 20.7 Å². The second-order valence-corrected chi connectivity index (χ2v) is 7.23. The number of rotatable bonds is 4. The molecule has 0 bridgehead atoms. The zero-order chi connectivity index (χ0) is 18.5. The summed E-state index contributed by atoms with van der Waals surface area (Å²) in [4.78, 5) is 29.0. The number of hydrogen-bond donors (Lipinski definition) is 0. The van der Waals surface area contributed by atoms with Gasteiger partial charge in [-0.05, 0) is 30.9 Å². The van der Waals surface area contributed by atoms with Crippen LogP contribution >= 0.6 is 0 Å². The van der Waals surface area contributed by atoms with E-state index in [4.69, 9.17) is 4.74 Å². The van der Waals surface area contributed by atoms with E-state index in [0.29, 0.717) is 64.2 Å². The number of amides is 2. The van der Waals surface area contributed by atoms with Crippen LogP contribution in [0.2, 0.25) is 0 Å². The van der Waals surface area contributed by atoms with E-state index in [0.717, 1.165) is 0 Å². The van der Waals surface area contributed by atoms with E-state index in [1.807, 2.05) is 16.7 Å². The Kier molecular flexibility index (Phi) is 6.25. The molecule has 2 amide bonds. The highest BCUT2D eigenvalue weighted by Gasteiger charge is 2.32. The number of carbonyl (C=O) groups is 2. The molecule has 0 aromatic heterocycles. The van der Waals surface area contributed by atoms with Crippen molar-refractivity contribution in [2.45, 2.75) is 26.2 Å². The summed E-state index contributed by atoms with van der Waals surface area (Å²) in [6.45, 7) is 5.59. The monoisotopic (exact) mass is 362 g/mol. The minimum Gasteiger partial charge on any atom is -0.378 e. The van der Waals surface area contributed by atoms with Crippen molar-refractivity contribution in [1.29, 1.82) is 0 Å². The predicted molar refractivity (Wildman–Crippen MR) is 96.0 cm³/mol. The summed E-state index contributed by atoms with van der Waals surface area (Å²) in [6.07, 6.45) is 1.81. The van der Waals surface area contributed by atoms with Gasteiger partial charge >= 0.3 is 0 Å². The molecule has 1 aromatic carbocycles. The first-order valence-corrected chi connectivity index (χ1v) is 9.45. The van der Waals surface area contributed by atoms with Crippen molar-refractivity contribution < 1.29 is 18.7 Å². The van der Waals surface area contributed by atoms with Crippen LogP contribution in [0.5, 0.6) is 0 Å². The summed E-state index contributed by atoms with van der Waals surface area (Å²) < 4.78 is 19.1. The molecule has 1 unspecified atom stereocenters. The molecule has 5 nitrogen and oxygen atoms in total. The van der Waals surface area contributed by atoms with Gasteiger partial charge in [0.1, 0.15) is 5.82 Å². The lowest BCUT2D eigenvalue weighted by atomic mass is 9.93. The van der Waals surface area contributed by atoms with Crippen molar-refractivity contribution >= 4 is 11.8 Å². The SMILES string of the molecule is CC(Cc1ccccc1F)C(=O)N1CCC(C(=O)N2CCOCC2)CC1. The van der Waals surface area contributed by atoms with E-state index in [1.54, 1.807) is 18.2 Å². The maximum absolute atomic E-state index is 13.8. The third-order valence-corrected chi connectivity index (χ3v) is 5.38. The molecule has 0 radical (unpaired) electrons. The Bertz CT molecular complexity index is 638. The number of nitrogens with zero attached hydrogens (tertiary/aromatic N) is 2. The molecule has 1 atom stereocenters. The van der Waals surface area contributed by atoms with Gasteiger partial charge in [0.25, 0.3) is 0 Å². The summed E-state index contributed by atoms with van der Waals surface area (Å²) >= 11 is 0. The van der Waals surface area contributed by atoms with Crippen LogP contribution < -0.4 is 0 Å². The molecule has 2 aliphatic rings. The first-order valence-electron chi connectivity index (χ1n) is 9.45. The molecule has 142 valence electrons. The van der Waals surface area contributed by atoms with Gasteiger partial charge in [-0.1, -0.05) is 25.1 Å². The molecule has 2 aliphatic heterocycles. The Morgan fingerprint density at radius 1 is 1.12 bits per heavy atom. The summed E-state index contributed by atoms with van der Waals surface area (Å²) in [5, 5.41) is 0. The van der Waals surface area contributed by atoms with E-state index in [2.05, 4.69) is 0 Å². The quantitative estimate of drug-likeness (QED) is 0.824. The molecule has 0 spiro atoms. The van der Waals surface area contributed by atoms with Gasteiger partial charge in [0, 0.05) is 38.0 Å². The van der Waals surface area contributed by atoms with Gasteiger partial charge in [0.05, 0.1) is 13.2 Å². The number of ether oxygens (including phenoxy) is 1. The third kappa shape index (κ3) is 4.41. The molecular weight excluding hydrogens is 335 g/mol. The largest absolute Gasteiger partial charge is 0.378 e. The lowest BCUT2D eigenvalue weighted by Crippen LogP contribution is -2.48. The minimum absolute atomic E-state index is 0.000904. The molecule has 0 saturated carbocycles. The summed E-state index contributed by atoms with van der Waals surface area (Å²) in [5.41, 5.74) is 0.575. The lowest BCUT2D eigenvalue weighted by molar-refractivity contribution is -0.144. The molecule has 0 N–H and O–H groups in total. The van der Waals surface area contributed by atoms with E-state index in [-0.39, 0.29) is 29.5 Å². The van der Waals surface area contributed by atoms with Crippen molar-refractivity contribution in [3.63, 3.8) is 0 Å². The van der Waals surface area contributed by atoms with Gasteiger partial charge < -0.3 is 14.5 Å². The van der Waals surface area contributed by atoms with Gasteiger partial charge in [-0.2, -0.15) is 0 Å². The van der Waals surface area contributed by atoms with Gasteiger partial charge in [0.2, 0.25) is 11.8 Å². The second-order valence-electron chi connectivity index (χ2n) is 7.23. The highest BCUT2D eigenvalue weighted by atomic mass is 19.1. The van der Waals surface area contributed by atoms with Crippen molar-refractivity contribution in [2.24, 2.45) is 11.8 Å². The molecule has 26 heavy (non-hydrogen) atoms. The van der Waals surface area contributed by atoms with Gasteiger partial charge in [0.15, 0.2) is 0 Å². The number of benzene rings is 1. The average molecular weight is 362 g/mol. The van der Waals surface area contributed by atoms with E-state index in [9.17, 15) is 14.0 Å². The number of morpholine rings is 1. The molecule has 2 saturated heterocycles. The number of piperidine rings is 1. The minimum atomic E-state index is -0.265. The zero-order valence-corrected chi connectivity index (χ0v) is 15.3. The van der Waals surface area contributed by atoms with Crippen LogP contribution in [0.1, 0.15) is 25.3 Å². The predicted octanol–water partition coefficient (Wildman–Crippen LogP) is 2.10. The number of halogens is 1. The van der Waals surface area contributed by atoms with Crippen LogP contribution in [-0.4, -0.2) is 61.0 Å². The third-order valence-electron chi connectivity index (χ3n) is 5.38. The molecule has 1 aromatic rings. The Morgan fingerprint density at radius 2 is 1.77 bits per heavy atom. The average Bonchev–Trinajstić information content (AvgIpc) is 2.69. The van der Waals surface area contributed by atoms with Crippen molar-refractivity contribution in [1.82, 2.24) is 9.80 Å². The molecule has 0 aliphatic carbocycles. The van der Waals surface area contributed by atoms with Gasteiger partial charge in [-0.15, -0.1) is 0 Å². The fourth-order valence-electron chi connectivity index (χ4n) is 3.78. The smallest absolute Gasteiger partial charge is 0.225 e. The number of hydrogen-bond acceptors (Lipinski definition) is 3. The summed E-state index contributed by atoms with van der Waals surface area (Å²) in [6, 6.07) is 6.60. The Balaban J connectivity index is 1.50. The molecule has 2 heterocycles. The fraction of sp³-hybridized carbons (Fsp3) is 0.600. The lowest BCUT2D eigenvalue weighted by Gasteiger charge is -2.36. The summed E-state index contributed by atoms with van der Waals surface area (Å²) in [7, 11) is 0. The first kappa shape index (κ1) is 18.8. The highest BCUT2D eigenvalue weighted by molar-refractivity contribution is 5.81. The Morgan fingerprint density at radius 3 is 2.42 bits per heavy atom. The maximum Gasteiger partial charge on any atom is 0.225 e.